The molecular formula is C18H16ClN3O3. The van der Waals surface area contributed by atoms with Crippen LogP contribution in [0.25, 0.3) is 10.9 Å². The van der Waals surface area contributed by atoms with Crippen LogP contribution in [0, 0.1) is 6.92 Å². The van der Waals surface area contributed by atoms with Crippen LogP contribution in [-0.2, 0) is 0 Å². The van der Waals surface area contributed by atoms with E-state index in [0.29, 0.717) is 38.8 Å². The number of hydrogen-bond acceptors (Lipinski definition) is 5. The van der Waals surface area contributed by atoms with E-state index in [1.54, 1.807) is 37.3 Å². The topological polar surface area (TPSA) is 65.7 Å². The van der Waals surface area contributed by atoms with E-state index in [9.17, 15) is 4.79 Å². The normalized spacial score (nSPS) is 11.2. The Morgan fingerprint density at radius 1 is 1.20 bits per heavy atom. The Bertz CT molecular complexity index is 1030. The van der Waals surface area contributed by atoms with Gasteiger partial charge in [-0.3, -0.25) is 4.79 Å². The molecule has 0 spiro atoms. The minimum Gasteiger partial charge on any atom is -0.493 e. The van der Waals surface area contributed by atoms with E-state index in [0.717, 1.165) is 0 Å². The second kappa shape index (κ2) is 6.94. The van der Waals surface area contributed by atoms with E-state index in [1.807, 2.05) is 6.07 Å². The monoisotopic (exact) mass is 357 g/mol. The number of methoxy groups -OCH3 is 2. The van der Waals surface area contributed by atoms with Crippen molar-refractivity contribution in [1.29, 1.82) is 0 Å². The summed E-state index contributed by atoms with van der Waals surface area (Å²) < 4.78 is 11.7. The number of hydrogen-bond donors (Lipinski definition) is 0. The second-order valence-electron chi connectivity index (χ2n) is 5.28. The third kappa shape index (κ3) is 3.21. The molecule has 0 fully saturated rings. The fourth-order valence-electron chi connectivity index (χ4n) is 2.51. The van der Waals surface area contributed by atoms with E-state index < -0.39 is 0 Å². The zero-order chi connectivity index (χ0) is 18.0. The van der Waals surface area contributed by atoms with Crippen LogP contribution in [0.1, 0.15) is 11.4 Å². The van der Waals surface area contributed by atoms with Crippen molar-refractivity contribution in [1.82, 2.24) is 9.66 Å². The summed E-state index contributed by atoms with van der Waals surface area (Å²) in [6.07, 6.45) is 1.53. The number of benzene rings is 2. The lowest BCUT2D eigenvalue weighted by Crippen LogP contribution is -2.20. The summed E-state index contributed by atoms with van der Waals surface area (Å²) in [7, 11) is 3.04. The Morgan fingerprint density at radius 3 is 2.68 bits per heavy atom. The molecule has 1 heterocycles. The minimum atomic E-state index is -0.231. The zero-order valence-corrected chi connectivity index (χ0v) is 14.7. The molecule has 0 N–H and O–H groups in total. The van der Waals surface area contributed by atoms with Gasteiger partial charge in [-0.1, -0.05) is 23.7 Å². The number of aryl methyl sites for hydroxylation is 1. The maximum Gasteiger partial charge on any atom is 0.282 e. The van der Waals surface area contributed by atoms with Crippen molar-refractivity contribution in [2.24, 2.45) is 5.10 Å². The fourth-order valence-corrected chi connectivity index (χ4v) is 2.80. The molecule has 3 rings (SSSR count). The molecule has 0 bridgehead atoms. The molecule has 6 nitrogen and oxygen atoms in total. The highest BCUT2D eigenvalue weighted by atomic mass is 35.5. The Labute approximate surface area is 149 Å². The lowest BCUT2D eigenvalue weighted by Gasteiger charge is -2.10. The number of ether oxygens (including phenoxy) is 2. The highest BCUT2D eigenvalue weighted by molar-refractivity contribution is 6.32. The van der Waals surface area contributed by atoms with Crippen molar-refractivity contribution in [3.8, 4) is 11.5 Å². The fraction of sp³-hybridized carbons (Fsp3) is 0.167. The van der Waals surface area contributed by atoms with Gasteiger partial charge < -0.3 is 9.47 Å². The number of rotatable bonds is 4. The van der Waals surface area contributed by atoms with Crippen LogP contribution in [-0.4, -0.2) is 30.1 Å². The van der Waals surface area contributed by atoms with Gasteiger partial charge in [0.15, 0.2) is 11.5 Å². The van der Waals surface area contributed by atoms with Crippen LogP contribution in [0.5, 0.6) is 11.5 Å². The molecule has 0 aliphatic rings. The Kier molecular flexibility index (Phi) is 4.72. The summed E-state index contributed by atoms with van der Waals surface area (Å²) in [6, 6.07) is 10.6. The summed E-state index contributed by atoms with van der Waals surface area (Å²) in [5.41, 5.74) is 1.08. The van der Waals surface area contributed by atoms with E-state index in [-0.39, 0.29) is 5.56 Å². The third-order valence-corrected chi connectivity index (χ3v) is 3.97. The average molecular weight is 358 g/mol. The number of para-hydroxylation sites is 1. The highest BCUT2D eigenvalue weighted by Gasteiger charge is 2.11. The highest BCUT2D eigenvalue weighted by Crippen LogP contribution is 2.35. The van der Waals surface area contributed by atoms with E-state index in [2.05, 4.69) is 10.1 Å². The maximum atomic E-state index is 12.6. The first-order valence-electron chi connectivity index (χ1n) is 7.49. The van der Waals surface area contributed by atoms with Gasteiger partial charge >= 0.3 is 0 Å². The lowest BCUT2D eigenvalue weighted by atomic mass is 10.2. The average Bonchev–Trinajstić information content (AvgIpc) is 2.61. The van der Waals surface area contributed by atoms with Crippen molar-refractivity contribution >= 4 is 28.7 Å². The molecule has 1 aromatic heterocycles. The Morgan fingerprint density at radius 2 is 1.96 bits per heavy atom. The quantitative estimate of drug-likeness (QED) is 0.672. The van der Waals surface area contributed by atoms with Gasteiger partial charge in [-0.2, -0.15) is 9.78 Å². The van der Waals surface area contributed by atoms with Crippen LogP contribution < -0.4 is 15.0 Å². The Hall–Kier alpha value is -2.86. The first-order valence-corrected chi connectivity index (χ1v) is 7.87. The first-order chi connectivity index (χ1) is 12.0. The molecule has 0 atom stereocenters. The summed E-state index contributed by atoms with van der Waals surface area (Å²) >= 11 is 6.19. The van der Waals surface area contributed by atoms with Crippen molar-refractivity contribution in [3.05, 3.63) is 63.2 Å². The second-order valence-corrected chi connectivity index (χ2v) is 5.68. The van der Waals surface area contributed by atoms with Crippen LogP contribution in [0.15, 0.2) is 46.3 Å². The standard InChI is InChI=1S/C18H16ClN3O3/c1-11-21-15-7-5-4-6-13(15)18(23)22(11)20-10-12-8-14(19)17(25-3)16(9-12)24-2/h4-10H,1-3H3. The van der Waals surface area contributed by atoms with Crippen LogP contribution in [0.3, 0.4) is 0 Å². The molecule has 7 heteroatoms. The van der Waals surface area contributed by atoms with Gasteiger partial charge in [0.1, 0.15) is 5.82 Å². The molecule has 0 aliphatic heterocycles. The lowest BCUT2D eigenvalue weighted by molar-refractivity contribution is 0.355. The molecular weight excluding hydrogens is 342 g/mol. The van der Waals surface area contributed by atoms with Crippen molar-refractivity contribution in [2.45, 2.75) is 6.92 Å². The number of fused-ring (bicyclic) bond motifs is 1. The van der Waals surface area contributed by atoms with Crippen LogP contribution in [0.2, 0.25) is 5.02 Å². The van der Waals surface area contributed by atoms with Crippen molar-refractivity contribution in [2.75, 3.05) is 14.2 Å². The third-order valence-electron chi connectivity index (χ3n) is 3.69. The number of nitrogens with zero attached hydrogens (tertiary/aromatic N) is 3. The Balaban J connectivity index is 2.07. The number of aromatic nitrogens is 2. The predicted octanol–water partition coefficient (Wildman–Crippen LogP) is 3.26. The van der Waals surface area contributed by atoms with E-state index in [1.165, 1.54) is 25.1 Å². The molecule has 25 heavy (non-hydrogen) atoms. The smallest absolute Gasteiger partial charge is 0.282 e. The summed E-state index contributed by atoms with van der Waals surface area (Å²) in [6.45, 7) is 1.73. The molecule has 128 valence electrons. The molecule has 2 aromatic carbocycles. The summed E-state index contributed by atoms with van der Waals surface area (Å²) in [5.74, 6) is 1.42. The van der Waals surface area contributed by atoms with E-state index >= 15 is 0 Å². The van der Waals surface area contributed by atoms with Crippen molar-refractivity contribution in [3.63, 3.8) is 0 Å². The van der Waals surface area contributed by atoms with Crippen LogP contribution in [0.4, 0.5) is 0 Å². The van der Waals surface area contributed by atoms with Gasteiger partial charge in [0.05, 0.1) is 36.4 Å². The summed E-state index contributed by atoms with van der Waals surface area (Å²) in [4.78, 5) is 17.0. The molecule has 0 radical (unpaired) electrons. The predicted molar refractivity (Wildman–Crippen MR) is 98.3 cm³/mol. The molecule has 0 unspecified atom stereocenters. The molecule has 0 amide bonds. The van der Waals surface area contributed by atoms with E-state index in [4.69, 9.17) is 21.1 Å². The largest absolute Gasteiger partial charge is 0.493 e. The van der Waals surface area contributed by atoms with Gasteiger partial charge in [0.25, 0.3) is 5.56 Å². The van der Waals surface area contributed by atoms with Gasteiger partial charge in [0.2, 0.25) is 0 Å². The number of halogens is 1. The van der Waals surface area contributed by atoms with Gasteiger partial charge in [0, 0.05) is 0 Å². The molecule has 3 aromatic rings. The SMILES string of the molecule is COc1cc(C=Nn2c(C)nc3ccccc3c2=O)cc(Cl)c1OC. The van der Waals surface area contributed by atoms with Crippen LogP contribution >= 0.6 is 11.6 Å². The molecule has 0 saturated heterocycles. The molecule has 0 aliphatic carbocycles. The minimum absolute atomic E-state index is 0.231. The summed E-state index contributed by atoms with van der Waals surface area (Å²) in [5, 5.41) is 5.16. The maximum absolute atomic E-state index is 12.6. The van der Waals surface area contributed by atoms with Gasteiger partial charge in [-0.15, -0.1) is 0 Å². The van der Waals surface area contributed by atoms with Gasteiger partial charge in [-0.25, -0.2) is 4.98 Å². The molecule has 0 saturated carbocycles. The zero-order valence-electron chi connectivity index (χ0n) is 14.0. The van der Waals surface area contributed by atoms with Crippen molar-refractivity contribution < 1.29 is 9.47 Å². The first kappa shape index (κ1) is 17.0. The van der Waals surface area contributed by atoms with Gasteiger partial charge in [-0.05, 0) is 36.8 Å².